The summed E-state index contributed by atoms with van der Waals surface area (Å²) in [6.07, 6.45) is -47.7. The highest BCUT2D eigenvalue weighted by molar-refractivity contribution is 5.87. The van der Waals surface area contributed by atoms with Crippen LogP contribution in [-0.2, 0) is 85.4 Å². The predicted octanol–water partition coefficient (Wildman–Crippen LogP) is -3.03. The van der Waals surface area contributed by atoms with Crippen LogP contribution < -0.4 is 0 Å². The standard InChI is InChI=1S/C61H104O32/c1-11-19-32(21-18-16-14-15-17-20-31(64)22-35(65)79-10)84-58-49(41(71)37(67)28(7)81-58)91-59-51(43(73)39(69)33(23-62)85-59)92-61-53(88-55(78)26(5)13-3)52(48(30(9)83-61)89-57-46(76)44(74)47(29(8)82-57)87-54(77)25(4)12-2)93-60-50(42(72)38(68)34(24-63)86-60)90-56-45(75)40(70)36(66)27(6)80-56/h12,26-34,36-53,56-64,66-76H,11,13-24H2,1-10H3/b25-12+/t26-,27+,28+,29-,30-,31-,32-,33+,34+,36+,37+,38+,39+,40-,41-,42-,43-,44-,45+,46-,47+,48-,49+,50+,51+,52+,53+,56-,57+,58-,59-,60-,61+/m0/s1. The van der Waals surface area contributed by atoms with Gasteiger partial charge in [0.1, 0.15) is 110 Å². The fourth-order valence-electron chi connectivity index (χ4n) is 11.8. The number of rotatable bonds is 31. The molecule has 0 amide bonds. The minimum absolute atomic E-state index is 0.0955. The summed E-state index contributed by atoms with van der Waals surface area (Å²) < 4.78 is 91.7. The van der Waals surface area contributed by atoms with Crippen molar-refractivity contribution >= 4 is 17.9 Å². The van der Waals surface area contributed by atoms with E-state index >= 15 is 0 Å². The number of ether oxygens (including phenoxy) is 15. The molecular weight excluding hydrogens is 1240 g/mol. The fraction of sp³-hybridized carbons (Fsp3) is 0.918. The van der Waals surface area contributed by atoms with Crippen LogP contribution in [0.25, 0.3) is 0 Å². The lowest BCUT2D eigenvalue weighted by Gasteiger charge is -2.52. The Kier molecular flexibility index (Phi) is 31.3. The van der Waals surface area contributed by atoms with Crippen molar-refractivity contribution in [2.75, 3.05) is 20.3 Å². The number of methoxy groups -OCH3 is 1. The molecule has 0 spiro atoms. The molecule has 0 aliphatic carbocycles. The first kappa shape index (κ1) is 79.1. The van der Waals surface area contributed by atoms with Crippen LogP contribution in [0.15, 0.2) is 11.6 Å². The molecule has 6 fully saturated rings. The second-order valence-electron chi connectivity index (χ2n) is 25.1. The molecule has 14 N–H and O–H groups in total. The Balaban J connectivity index is 1.38. The van der Waals surface area contributed by atoms with E-state index in [4.69, 9.17) is 66.3 Å². The molecule has 0 aromatic carbocycles. The van der Waals surface area contributed by atoms with E-state index < -0.39 is 233 Å². The maximum Gasteiger partial charge on any atom is 0.333 e. The van der Waals surface area contributed by atoms with E-state index in [9.17, 15) is 85.9 Å². The van der Waals surface area contributed by atoms with Gasteiger partial charge in [0.2, 0.25) is 0 Å². The Morgan fingerprint density at radius 3 is 1.44 bits per heavy atom. The van der Waals surface area contributed by atoms with E-state index in [0.717, 1.165) is 19.3 Å². The maximum absolute atomic E-state index is 14.4. The molecule has 0 bridgehead atoms. The molecule has 6 rings (SSSR count). The summed E-state index contributed by atoms with van der Waals surface area (Å²) in [4.78, 5) is 38.8. The number of carbonyl (C=O) groups is 3. The Morgan fingerprint density at radius 2 is 0.903 bits per heavy atom. The molecule has 6 saturated heterocycles. The molecule has 93 heavy (non-hydrogen) atoms. The van der Waals surface area contributed by atoms with Gasteiger partial charge in [-0.1, -0.05) is 65.4 Å². The number of esters is 3. The largest absolute Gasteiger partial charge is 0.469 e. The monoisotopic (exact) mass is 1350 g/mol. The molecule has 6 aliphatic heterocycles. The zero-order chi connectivity index (χ0) is 68.9. The Hall–Kier alpha value is -2.89. The molecule has 32 nitrogen and oxygen atoms in total. The van der Waals surface area contributed by atoms with Crippen molar-refractivity contribution in [3.63, 3.8) is 0 Å². The Morgan fingerprint density at radius 1 is 0.473 bits per heavy atom. The summed E-state index contributed by atoms with van der Waals surface area (Å²) >= 11 is 0. The first-order chi connectivity index (χ1) is 44.0. The van der Waals surface area contributed by atoms with Crippen molar-refractivity contribution in [2.45, 2.75) is 329 Å². The molecule has 0 aromatic rings. The van der Waals surface area contributed by atoms with E-state index in [1.807, 2.05) is 6.92 Å². The SMILES string of the molecule is C/C=C(\C)C(=O)O[C@H]1[C@@H](O)[C@H](O)[C@@H](O[C@@H]2[C@@H](O[C@@H]3O[C@H](CO)[C@@H](O)[C@H](O)[C@H]3O[C@@H]3O[C@H](C)[C@@H](O)[C@H](O)[C@H]3O)[C@@H](OC(=O)[C@@H](C)CC)[C@@H](O[C@H]3[C@H](O[C@H]4[C@H](O[C@@H](CCC)CCCCCCC[C@H](O)CC(=O)OC)O[C@H](C)[C@@H](O)[C@@H]4O)O[C@H](CO)[C@@H](O)[C@@H]3O)O[C@H]2C)O[C@H]1C. The van der Waals surface area contributed by atoms with Crippen molar-refractivity contribution < 1.29 is 157 Å². The van der Waals surface area contributed by atoms with Gasteiger partial charge in [0.05, 0.1) is 69.3 Å². The lowest BCUT2D eigenvalue weighted by Crippen LogP contribution is -2.69. The maximum atomic E-state index is 14.4. The summed E-state index contributed by atoms with van der Waals surface area (Å²) in [7, 11) is 1.25. The predicted molar refractivity (Wildman–Crippen MR) is 313 cm³/mol. The van der Waals surface area contributed by atoms with Crippen LogP contribution in [0, 0.1) is 5.92 Å². The van der Waals surface area contributed by atoms with Gasteiger partial charge in [-0.15, -0.1) is 0 Å². The van der Waals surface area contributed by atoms with E-state index in [1.165, 1.54) is 54.7 Å². The van der Waals surface area contributed by atoms with Crippen LogP contribution >= 0.6 is 0 Å². The summed E-state index contributed by atoms with van der Waals surface area (Å²) in [6.45, 7) is 11.8. The van der Waals surface area contributed by atoms with Crippen molar-refractivity contribution in [2.24, 2.45) is 5.92 Å². The molecule has 0 unspecified atom stereocenters. The van der Waals surface area contributed by atoms with Crippen molar-refractivity contribution in [1.29, 1.82) is 0 Å². The van der Waals surface area contributed by atoms with Gasteiger partial charge in [-0.2, -0.15) is 0 Å². The van der Waals surface area contributed by atoms with Gasteiger partial charge in [-0.25, -0.2) is 4.79 Å². The van der Waals surface area contributed by atoms with E-state index in [-0.39, 0.29) is 18.4 Å². The highest BCUT2D eigenvalue weighted by Gasteiger charge is 2.60. The topological polar surface area (TPSA) is 473 Å². The highest BCUT2D eigenvalue weighted by atomic mass is 16.8. The number of hydrogen-bond acceptors (Lipinski definition) is 32. The Labute approximate surface area is 540 Å². The van der Waals surface area contributed by atoms with Crippen molar-refractivity contribution in [1.82, 2.24) is 0 Å². The second-order valence-corrected chi connectivity index (χ2v) is 25.1. The molecule has 6 heterocycles. The fourth-order valence-corrected chi connectivity index (χ4v) is 11.8. The van der Waals surface area contributed by atoms with Gasteiger partial charge in [0.25, 0.3) is 0 Å². The summed E-state index contributed by atoms with van der Waals surface area (Å²) in [5.74, 6) is -3.22. The van der Waals surface area contributed by atoms with Gasteiger partial charge in [-0.3, -0.25) is 9.59 Å². The summed E-state index contributed by atoms with van der Waals surface area (Å²) in [5.41, 5.74) is 0.170. The van der Waals surface area contributed by atoms with Crippen molar-refractivity contribution in [3.8, 4) is 0 Å². The third kappa shape index (κ3) is 19.9. The zero-order valence-electron chi connectivity index (χ0n) is 54.4. The van der Waals surface area contributed by atoms with Gasteiger partial charge in [-0.05, 0) is 67.2 Å². The zero-order valence-corrected chi connectivity index (χ0v) is 54.4. The quantitative estimate of drug-likeness (QED) is 0.0142. The van der Waals surface area contributed by atoms with Crippen LogP contribution in [-0.4, -0.2) is 306 Å². The van der Waals surface area contributed by atoms with Gasteiger partial charge in [0, 0.05) is 5.57 Å². The molecule has 32 heteroatoms. The number of allylic oxidation sites excluding steroid dienone is 1. The summed E-state index contributed by atoms with van der Waals surface area (Å²) in [6, 6.07) is 0. The van der Waals surface area contributed by atoms with Crippen LogP contribution in [0.2, 0.25) is 0 Å². The number of aliphatic hydroxyl groups is 14. The molecular formula is C61H104O32. The average Bonchev–Trinajstić information content (AvgIpc) is 0.769. The number of unbranched alkanes of at least 4 members (excludes halogenated alkanes) is 4. The number of hydrogen-bond donors (Lipinski definition) is 14. The highest BCUT2D eigenvalue weighted by Crippen LogP contribution is 2.40. The first-order valence-electron chi connectivity index (χ1n) is 32.4. The smallest absolute Gasteiger partial charge is 0.333 e. The molecule has 540 valence electrons. The molecule has 0 saturated carbocycles. The van der Waals surface area contributed by atoms with E-state index in [2.05, 4.69) is 4.74 Å². The molecule has 0 aromatic heterocycles. The minimum Gasteiger partial charge on any atom is -0.469 e. The van der Waals surface area contributed by atoms with Crippen LogP contribution in [0.4, 0.5) is 0 Å². The summed E-state index contributed by atoms with van der Waals surface area (Å²) in [5, 5.41) is 157. The minimum atomic E-state index is -2.13. The molecule has 6 aliphatic rings. The van der Waals surface area contributed by atoms with Gasteiger partial charge < -0.3 is 143 Å². The lowest BCUT2D eigenvalue weighted by atomic mass is 9.95. The number of aliphatic hydroxyl groups excluding tert-OH is 14. The van der Waals surface area contributed by atoms with Gasteiger partial charge in [0.15, 0.2) is 49.9 Å². The lowest BCUT2D eigenvalue weighted by molar-refractivity contribution is -0.414. The first-order valence-corrected chi connectivity index (χ1v) is 32.4. The number of carbonyl (C=O) groups excluding carboxylic acids is 3. The van der Waals surface area contributed by atoms with Crippen LogP contribution in [0.3, 0.4) is 0 Å². The van der Waals surface area contributed by atoms with E-state index in [1.54, 1.807) is 13.8 Å². The van der Waals surface area contributed by atoms with Crippen LogP contribution in [0.5, 0.6) is 0 Å². The third-order valence-corrected chi connectivity index (χ3v) is 18.1. The molecule has 33 atom stereocenters. The average molecular weight is 1350 g/mol. The van der Waals surface area contributed by atoms with Crippen LogP contribution in [0.1, 0.15) is 133 Å². The Bertz CT molecular complexity index is 2290. The molecule has 0 radical (unpaired) electrons. The second kappa shape index (κ2) is 36.8. The third-order valence-electron chi connectivity index (χ3n) is 18.1. The normalized spacial score (nSPS) is 42.8. The van der Waals surface area contributed by atoms with E-state index in [0.29, 0.717) is 38.5 Å². The van der Waals surface area contributed by atoms with Crippen molar-refractivity contribution in [3.05, 3.63) is 11.6 Å². The van der Waals surface area contributed by atoms with Gasteiger partial charge >= 0.3 is 17.9 Å².